The van der Waals surface area contributed by atoms with E-state index < -0.39 is 0 Å². The van der Waals surface area contributed by atoms with Gasteiger partial charge in [0.05, 0.1) is 5.69 Å². The van der Waals surface area contributed by atoms with Gasteiger partial charge in [-0.1, -0.05) is 48.0 Å². The van der Waals surface area contributed by atoms with E-state index in [9.17, 15) is 0 Å². The molecule has 0 aliphatic heterocycles. The van der Waals surface area contributed by atoms with Crippen molar-refractivity contribution >= 4 is 23.1 Å². The maximum atomic E-state index is 5.97. The lowest BCUT2D eigenvalue weighted by atomic mass is 10.1. The molecular formula is C16H12ClN3. The predicted molar refractivity (Wildman–Crippen MR) is 82.2 cm³/mol. The summed E-state index contributed by atoms with van der Waals surface area (Å²) < 4.78 is 0. The monoisotopic (exact) mass is 281 g/mol. The lowest BCUT2D eigenvalue weighted by molar-refractivity contribution is 1.17. The van der Waals surface area contributed by atoms with Gasteiger partial charge in [-0.25, -0.2) is 9.97 Å². The second-order valence-electron chi connectivity index (χ2n) is 4.29. The van der Waals surface area contributed by atoms with E-state index in [4.69, 9.17) is 11.6 Å². The highest BCUT2D eigenvalue weighted by atomic mass is 35.5. The second kappa shape index (κ2) is 5.72. The summed E-state index contributed by atoms with van der Waals surface area (Å²) in [7, 11) is 0. The number of anilines is 2. The van der Waals surface area contributed by atoms with Crippen molar-refractivity contribution in [3.63, 3.8) is 0 Å². The maximum absolute atomic E-state index is 5.97. The molecule has 1 N–H and O–H groups in total. The van der Waals surface area contributed by atoms with Crippen LogP contribution < -0.4 is 5.32 Å². The quantitative estimate of drug-likeness (QED) is 0.766. The van der Waals surface area contributed by atoms with Crippen molar-refractivity contribution in [3.8, 4) is 11.3 Å². The number of hydrogen-bond donors (Lipinski definition) is 1. The second-order valence-corrected chi connectivity index (χ2v) is 4.73. The van der Waals surface area contributed by atoms with Crippen LogP contribution in [0.3, 0.4) is 0 Å². The Labute approximate surface area is 122 Å². The van der Waals surface area contributed by atoms with Crippen molar-refractivity contribution in [2.75, 3.05) is 5.32 Å². The van der Waals surface area contributed by atoms with Crippen LogP contribution in [-0.2, 0) is 0 Å². The van der Waals surface area contributed by atoms with Crippen molar-refractivity contribution in [3.05, 3.63) is 72.0 Å². The topological polar surface area (TPSA) is 37.8 Å². The van der Waals surface area contributed by atoms with Crippen molar-refractivity contribution in [1.29, 1.82) is 0 Å². The number of nitrogens with one attached hydrogen (secondary N) is 1. The third kappa shape index (κ3) is 2.95. The Balaban J connectivity index is 1.88. The van der Waals surface area contributed by atoms with Gasteiger partial charge in [0.15, 0.2) is 0 Å². The summed E-state index contributed by atoms with van der Waals surface area (Å²) in [4.78, 5) is 8.52. The molecule has 1 heterocycles. The van der Waals surface area contributed by atoms with Crippen LogP contribution in [0, 0.1) is 0 Å². The number of rotatable bonds is 3. The zero-order chi connectivity index (χ0) is 13.8. The van der Waals surface area contributed by atoms with Crippen molar-refractivity contribution < 1.29 is 0 Å². The molecule has 3 aromatic rings. The Bertz CT molecular complexity index is 714. The maximum Gasteiger partial charge on any atom is 0.134 e. The van der Waals surface area contributed by atoms with Gasteiger partial charge in [-0.15, -0.1) is 0 Å². The van der Waals surface area contributed by atoms with E-state index in [0.29, 0.717) is 5.02 Å². The largest absolute Gasteiger partial charge is 0.340 e. The zero-order valence-corrected chi connectivity index (χ0v) is 11.4. The summed E-state index contributed by atoms with van der Waals surface area (Å²) in [6, 6.07) is 19.4. The van der Waals surface area contributed by atoms with Gasteiger partial charge in [-0.2, -0.15) is 0 Å². The molecule has 3 rings (SSSR count). The van der Waals surface area contributed by atoms with E-state index in [-0.39, 0.29) is 0 Å². The first kappa shape index (κ1) is 12.6. The smallest absolute Gasteiger partial charge is 0.134 e. The molecule has 2 aromatic carbocycles. The summed E-state index contributed by atoms with van der Waals surface area (Å²) in [5.74, 6) is 0.737. The minimum Gasteiger partial charge on any atom is -0.340 e. The Kier molecular flexibility index (Phi) is 3.61. The highest BCUT2D eigenvalue weighted by Crippen LogP contribution is 2.22. The normalized spacial score (nSPS) is 10.2. The van der Waals surface area contributed by atoms with Gasteiger partial charge in [0.25, 0.3) is 0 Å². The van der Waals surface area contributed by atoms with Crippen LogP contribution >= 0.6 is 11.6 Å². The Hall–Kier alpha value is -2.39. The Morgan fingerprint density at radius 2 is 1.70 bits per heavy atom. The Morgan fingerprint density at radius 3 is 2.50 bits per heavy atom. The summed E-state index contributed by atoms with van der Waals surface area (Å²) >= 11 is 5.97. The SMILES string of the molecule is Clc1cccc(Nc2cc(-c3ccccc3)ncn2)c1. The first-order valence-corrected chi connectivity index (χ1v) is 6.59. The third-order valence-corrected chi connectivity index (χ3v) is 3.07. The summed E-state index contributed by atoms with van der Waals surface area (Å²) in [6.45, 7) is 0. The molecule has 0 amide bonds. The molecule has 0 bridgehead atoms. The van der Waals surface area contributed by atoms with Gasteiger partial charge in [0.2, 0.25) is 0 Å². The minimum atomic E-state index is 0.687. The van der Waals surface area contributed by atoms with Gasteiger partial charge in [-0.05, 0) is 18.2 Å². The van der Waals surface area contributed by atoms with Gasteiger partial charge in [0, 0.05) is 22.3 Å². The average Bonchev–Trinajstić information content (AvgIpc) is 2.48. The van der Waals surface area contributed by atoms with E-state index in [1.54, 1.807) is 6.33 Å². The fourth-order valence-electron chi connectivity index (χ4n) is 1.91. The lowest BCUT2D eigenvalue weighted by Gasteiger charge is -2.07. The fourth-order valence-corrected chi connectivity index (χ4v) is 2.10. The number of aromatic nitrogens is 2. The van der Waals surface area contributed by atoms with Crippen molar-refractivity contribution in [2.24, 2.45) is 0 Å². The van der Waals surface area contributed by atoms with Crippen LogP contribution in [-0.4, -0.2) is 9.97 Å². The molecule has 0 saturated heterocycles. The van der Waals surface area contributed by atoms with Crippen LogP contribution in [0.4, 0.5) is 11.5 Å². The molecule has 0 spiro atoms. The first-order valence-electron chi connectivity index (χ1n) is 6.21. The first-order chi connectivity index (χ1) is 9.81. The molecule has 4 heteroatoms. The van der Waals surface area contributed by atoms with Gasteiger partial charge in [-0.3, -0.25) is 0 Å². The highest BCUT2D eigenvalue weighted by Gasteiger charge is 2.02. The third-order valence-electron chi connectivity index (χ3n) is 2.83. The number of hydrogen-bond acceptors (Lipinski definition) is 3. The number of benzene rings is 2. The summed E-state index contributed by atoms with van der Waals surface area (Å²) in [5, 5.41) is 3.91. The van der Waals surface area contributed by atoms with E-state index >= 15 is 0 Å². The molecule has 0 atom stereocenters. The van der Waals surface area contributed by atoms with Crippen LogP contribution in [0.1, 0.15) is 0 Å². The molecule has 3 nitrogen and oxygen atoms in total. The van der Waals surface area contributed by atoms with Crippen LogP contribution in [0.2, 0.25) is 5.02 Å². The van der Waals surface area contributed by atoms with Gasteiger partial charge < -0.3 is 5.32 Å². The summed E-state index contributed by atoms with van der Waals surface area (Å²) in [6.07, 6.45) is 1.55. The molecule has 1 aromatic heterocycles. The van der Waals surface area contributed by atoms with Crippen molar-refractivity contribution in [1.82, 2.24) is 9.97 Å². The summed E-state index contributed by atoms with van der Waals surface area (Å²) in [5.41, 5.74) is 2.84. The number of halogens is 1. The number of nitrogens with zero attached hydrogens (tertiary/aromatic N) is 2. The molecule has 98 valence electrons. The van der Waals surface area contributed by atoms with Crippen LogP contribution in [0.5, 0.6) is 0 Å². The molecule has 0 fully saturated rings. The van der Waals surface area contributed by atoms with Crippen LogP contribution in [0.15, 0.2) is 67.0 Å². The van der Waals surface area contributed by atoms with E-state index in [0.717, 1.165) is 22.8 Å². The molecular weight excluding hydrogens is 270 g/mol. The molecule has 0 unspecified atom stereocenters. The average molecular weight is 282 g/mol. The molecule has 0 aliphatic rings. The molecule has 20 heavy (non-hydrogen) atoms. The minimum absolute atomic E-state index is 0.687. The van der Waals surface area contributed by atoms with Crippen molar-refractivity contribution in [2.45, 2.75) is 0 Å². The molecule has 0 aliphatic carbocycles. The molecule has 0 radical (unpaired) electrons. The highest BCUT2D eigenvalue weighted by molar-refractivity contribution is 6.30. The zero-order valence-electron chi connectivity index (χ0n) is 10.6. The van der Waals surface area contributed by atoms with Crippen LogP contribution in [0.25, 0.3) is 11.3 Å². The van der Waals surface area contributed by atoms with E-state index in [1.165, 1.54) is 0 Å². The lowest BCUT2D eigenvalue weighted by Crippen LogP contribution is -1.95. The predicted octanol–water partition coefficient (Wildman–Crippen LogP) is 4.54. The van der Waals surface area contributed by atoms with Gasteiger partial charge >= 0.3 is 0 Å². The van der Waals surface area contributed by atoms with E-state index in [2.05, 4.69) is 15.3 Å². The fraction of sp³-hybridized carbons (Fsp3) is 0. The van der Waals surface area contributed by atoms with E-state index in [1.807, 2.05) is 60.7 Å². The Morgan fingerprint density at radius 1 is 0.850 bits per heavy atom. The standard InChI is InChI=1S/C16H12ClN3/c17-13-7-4-8-14(9-13)20-16-10-15(18-11-19-16)12-5-2-1-3-6-12/h1-11H,(H,18,19,20). The molecule has 0 saturated carbocycles. The van der Waals surface area contributed by atoms with Gasteiger partial charge in [0.1, 0.15) is 12.1 Å².